The number of hydrogen-bond acceptors (Lipinski definition) is 4. The van der Waals surface area contributed by atoms with Crippen molar-refractivity contribution >= 4 is 21.4 Å². The molecule has 0 amide bonds. The summed E-state index contributed by atoms with van der Waals surface area (Å²) >= 11 is 1.19. The van der Waals surface area contributed by atoms with Gasteiger partial charge in [-0.15, -0.1) is 11.3 Å². The first kappa shape index (κ1) is 8.46. The number of thiophene rings is 1. The number of imidazole rings is 1. The van der Waals surface area contributed by atoms with E-state index in [4.69, 9.17) is 0 Å². The van der Waals surface area contributed by atoms with Gasteiger partial charge in [-0.2, -0.15) is 8.42 Å². The normalized spacial score (nSPS) is 11.7. The van der Waals surface area contributed by atoms with Gasteiger partial charge in [0.25, 0.3) is 10.0 Å². The van der Waals surface area contributed by atoms with Crippen LogP contribution in [0.5, 0.6) is 0 Å². The molecule has 13 heavy (non-hydrogen) atoms. The van der Waals surface area contributed by atoms with Gasteiger partial charge in [-0.05, 0) is 11.4 Å². The van der Waals surface area contributed by atoms with Crippen LogP contribution in [-0.4, -0.2) is 17.4 Å². The first-order valence-corrected chi connectivity index (χ1v) is 5.80. The molecule has 2 heterocycles. The largest absolute Gasteiger partial charge is 0.278 e. The van der Waals surface area contributed by atoms with Gasteiger partial charge in [0.2, 0.25) is 0 Å². The first-order chi connectivity index (χ1) is 6.21. The van der Waals surface area contributed by atoms with Gasteiger partial charge in [0, 0.05) is 12.4 Å². The third-order valence-electron chi connectivity index (χ3n) is 1.51. The van der Waals surface area contributed by atoms with Crippen LogP contribution in [0.15, 0.2) is 40.4 Å². The van der Waals surface area contributed by atoms with Gasteiger partial charge in [-0.3, -0.25) is 0 Å². The van der Waals surface area contributed by atoms with Gasteiger partial charge in [0.1, 0.15) is 10.5 Å². The zero-order valence-corrected chi connectivity index (χ0v) is 8.12. The summed E-state index contributed by atoms with van der Waals surface area (Å²) in [5.41, 5.74) is 0. The fraction of sp³-hybridized carbons (Fsp3) is 0. The Hall–Kier alpha value is -1.14. The molecule has 0 saturated heterocycles. The monoisotopic (exact) mass is 214 g/mol. The second-order valence-electron chi connectivity index (χ2n) is 2.33. The van der Waals surface area contributed by atoms with Crippen molar-refractivity contribution in [3.05, 3.63) is 36.2 Å². The molecule has 6 heteroatoms. The molecule has 0 saturated carbocycles. The molecule has 0 bridgehead atoms. The van der Waals surface area contributed by atoms with Crippen molar-refractivity contribution in [2.24, 2.45) is 0 Å². The second-order valence-corrected chi connectivity index (χ2v) is 5.35. The van der Waals surface area contributed by atoms with Gasteiger partial charge in [0.05, 0.1) is 0 Å². The Bertz CT molecular complexity index is 430. The molecule has 2 rings (SSSR count). The van der Waals surface area contributed by atoms with Gasteiger partial charge in [0.15, 0.2) is 0 Å². The van der Waals surface area contributed by atoms with Gasteiger partial charge >= 0.3 is 0 Å². The minimum atomic E-state index is -3.38. The molecule has 0 aliphatic rings. The Morgan fingerprint density at radius 1 is 1.46 bits per heavy atom. The SMILES string of the molecule is O=S(=O)(c1cccs1)n1ccnc1. The third kappa shape index (κ3) is 1.38. The lowest BCUT2D eigenvalue weighted by Crippen LogP contribution is -2.08. The zero-order chi connectivity index (χ0) is 9.31. The Labute approximate surface area is 79.5 Å². The van der Waals surface area contributed by atoms with Crippen LogP contribution < -0.4 is 0 Å². The maximum atomic E-state index is 11.7. The molecular formula is C7H6N2O2S2. The smallest absolute Gasteiger partial charge is 0.244 e. The van der Waals surface area contributed by atoms with Crippen LogP contribution >= 0.6 is 11.3 Å². The first-order valence-electron chi connectivity index (χ1n) is 3.48. The van der Waals surface area contributed by atoms with E-state index in [1.165, 1.54) is 30.1 Å². The number of nitrogens with zero attached hydrogens (tertiary/aromatic N) is 2. The van der Waals surface area contributed by atoms with E-state index in [1.54, 1.807) is 17.5 Å². The summed E-state index contributed by atoms with van der Waals surface area (Å²) in [6.07, 6.45) is 4.12. The molecule has 0 aliphatic heterocycles. The Kier molecular flexibility index (Phi) is 1.93. The minimum absolute atomic E-state index is 0.325. The van der Waals surface area contributed by atoms with Crippen molar-refractivity contribution in [1.82, 2.24) is 8.96 Å². The van der Waals surface area contributed by atoms with Crippen molar-refractivity contribution in [3.8, 4) is 0 Å². The molecule has 0 fully saturated rings. The molecule has 0 aromatic carbocycles. The topological polar surface area (TPSA) is 52.0 Å². The molecule has 0 N–H and O–H groups in total. The predicted molar refractivity (Wildman–Crippen MR) is 49.1 cm³/mol. The average Bonchev–Trinajstić information content (AvgIpc) is 2.78. The van der Waals surface area contributed by atoms with Crippen LogP contribution in [0.25, 0.3) is 0 Å². The highest BCUT2D eigenvalue weighted by Gasteiger charge is 2.16. The van der Waals surface area contributed by atoms with Crippen molar-refractivity contribution in [1.29, 1.82) is 0 Å². The molecule has 0 aliphatic carbocycles. The van der Waals surface area contributed by atoms with Gasteiger partial charge < -0.3 is 0 Å². The summed E-state index contributed by atoms with van der Waals surface area (Å²) in [5, 5.41) is 1.73. The van der Waals surface area contributed by atoms with E-state index in [2.05, 4.69) is 4.98 Å². The van der Waals surface area contributed by atoms with E-state index in [0.717, 1.165) is 3.97 Å². The predicted octanol–water partition coefficient (Wildman–Crippen LogP) is 1.18. The quantitative estimate of drug-likeness (QED) is 0.754. The van der Waals surface area contributed by atoms with Gasteiger partial charge in [-0.25, -0.2) is 8.96 Å². The van der Waals surface area contributed by atoms with Crippen LogP contribution in [0, 0.1) is 0 Å². The molecule has 2 aromatic heterocycles. The molecule has 0 unspecified atom stereocenters. The van der Waals surface area contributed by atoms with Crippen LogP contribution in [0.1, 0.15) is 0 Å². The third-order valence-corrected chi connectivity index (χ3v) is 4.50. The van der Waals surface area contributed by atoms with E-state index in [1.807, 2.05) is 0 Å². The van der Waals surface area contributed by atoms with Crippen molar-refractivity contribution < 1.29 is 8.42 Å². The maximum Gasteiger partial charge on any atom is 0.278 e. The molecule has 0 spiro atoms. The Morgan fingerprint density at radius 3 is 2.85 bits per heavy atom. The van der Waals surface area contributed by atoms with E-state index in [0.29, 0.717) is 4.21 Å². The Balaban J connectivity index is 2.56. The highest BCUT2D eigenvalue weighted by atomic mass is 32.2. The van der Waals surface area contributed by atoms with Crippen LogP contribution in [0.2, 0.25) is 0 Å². The van der Waals surface area contributed by atoms with Crippen LogP contribution in [0.3, 0.4) is 0 Å². The molecule has 4 nitrogen and oxygen atoms in total. The van der Waals surface area contributed by atoms with Crippen LogP contribution in [-0.2, 0) is 10.0 Å². The maximum absolute atomic E-state index is 11.7. The summed E-state index contributed by atoms with van der Waals surface area (Å²) in [6.45, 7) is 0. The lowest BCUT2D eigenvalue weighted by molar-refractivity contribution is 0.589. The lowest BCUT2D eigenvalue weighted by Gasteiger charge is -1.99. The average molecular weight is 214 g/mol. The molecule has 0 atom stereocenters. The molecular weight excluding hydrogens is 208 g/mol. The van der Waals surface area contributed by atoms with Gasteiger partial charge in [-0.1, -0.05) is 6.07 Å². The summed E-state index contributed by atoms with van der Waals surface area (Å²) in [6, 6.07) is 3.27. The Morgan fingerprint density at radius 2 is 2.31 bits per heavy atom. The van der Waals surface area contributed by atoms with Crippen molar-refractivity contribution in [3.63, 3.8) is 0 Å². The summed E-state index contributed by atoms with van der Waals surface area (Å²) in [4.78, 5) is 3.69. The summed E-state index contributed by atoms with van der Waals surface area (Å²) < 4.78 is 24.8. The van der Waals surface area contributed by atoms with E-state index < -0.39 is 10.0 Å². The van der Waals surface area contributed by atoms with E-state index in [9.17, 15) is 8.42 Å². The highest BCUT2D eigenvalue weighted by molar-refractivity contribution is 7.92. The second kappa shape index (κ2) is 2.97. The number of aromatic nitrogens is 2. The fourth-order valence-electron chi connectivity index (χ4n) is 0.903. The van der Waals surface area contributed by atoms with E-state index >= 15 is 0 Å². The summed E-state index contributed by atoms with van der Waals surface area (Å²) in [5.74, 6) is 0. The van der Waals surface area contributed by atoms with Crippen molar-refractivity contribution in [2.75, 3.05) is 0 Å². The standard InChI is InChI=1S/C7H6N2O2S2/c10-13(11,7-2-1-5-12-7)9-4-3-8-6-9/h1-6H. The summed E-state index contributed by atoms with van der Waals surface area (Å²) in [7, 11) is -3.38. The number of rotatable bonds is 2. The van der Waals surface area contributed by atoms with E-state index in [-0.39, 0.29) is 0 Å². The molecule has 2 aromatic rings. The van der Waals surface area contributed by atoms with Crippen LogP contribution in [0.4, 0.5) is 0 Å². The van der Waals surface area contributed by atoms with Crippen molar-refractivity contribution in [2.45, 2.75) is 4.21 Å². The highest BCUT2D eigenvalue weighted by Crippen LogP contribution is 2.18. The number of hydrogen-bond donors (Lipinski definition) is 0. The fourth-order valence-corrected chi connectivity index (χ4v) is 3.11. The zero-order valence-electron chi connectivity index (χ0n) is 6.49. The minimum Gasteiger partial charge on any atom is -0.244 e. The molecule has 68 valence electrons. The molecule has 0 radical (unpaired) electrons. The lowest BCUT2D eigenvalue weighted by atomic mass is 10.7.